The number of amides is 2. The van der Waals surface area contributed by atoms with Gasteiger partial charge in [-0.15, -0.1) is 0 Å². The molecule has 0 fully saturated rings. The summed E-state index contributed by atoms with van der Waals surface area (Å²) in [7, 11) is 0. The fourth-order valence-electron chi connectivity index (χ4n) is 2.03. The van der Waals surface area contributed by atoms with Crippen molar-refractivity contribution in [2.24, 2.45) is 5.73 Å². The molecule has 2 aromatic rings. The van der Waals surface area contributed by atoms with Crippen molar-refractivity contribution in [2.45, 2.75) is 13.0 Å². The molecule has 0 aliphatic rings. The smallest absolute Gasteiger partial charge is 0.204 e. The van der Waals surface area contributed by atoms with E-state index >= 15 is 0 Å². The van der Waals surface area contributed by atoms with Crippen LogP contribution >= 0.6 is 0 Å². The summed E-state index contributed by atoms with van der Waals surface area (Å²) in [6, 6.07) is 5.83. The van der Waals surface area contributed by atoms with Gasteiger partial charge in [0.05, 0.1) is 0 Å². The predicted molar refractivity (Wildman–Crippen MR) is 87.1 cm³/mol. The Labute approximate surface area is 146 Å². The quantitative estimate of drug-likeness (QED) is 0.665. The minimum Gasteiger partial charge on any atom is -0.204 e. The van der Waals surface area contributed by atoms with Gasteiger partial charge in [-0.3, -0.25) is 4.79 Å². The summed E-state index contributed by atoms with van der Waals surface area (Å²) in [5.41, 5.74) is 5.52. The number of hydrogen-bond donors (Lipinski definition) is 2. The minimum atomic E-state index is -1.30. The van der Waals surface area contributed by atoms with Gasteiger partial charge in [-0.25, -0.2) is 8.78 Å². The Morgan fingerprint density at radius 1 is 1.25 bits per heavy atom. The Balaban J connectivity index is 1.95. The van der Waals surface area contributed by atoms with Gasteiger partial charge in [-0.05, 0) is 0 Å². The molecule has 0 saturated carbocycles. The maximum absolute atomic E-state index is 13.6. The molecular weight excluding hydrogens is 379 g/mol. The van der Waals surface area contributed by atoms with Crippen molar-refractivity contribution in [1.82, 2.24) is 10.3 Å². The zero-order chi connectivity index (χ0) is 17.7. The molecule has 0 spiro atoms. The molecule has 8 heteroatoms. The van der Waals surface area contributed by atoms with Crippen LogP contribution in [0.25, 0.3) is 0 Å². The third kappa shape index (κ3) is 4.61. The molecule has 1 atom stereocenters. The van der Waals surface area contributed by atoms with Gasteiger partial charge in [-0.2, -0.15) is 0 Å². The van der Waals surface area contributed by atoms with Gasteiger partial charge in [-0.1, -0.05) is 0 Å². The van der Waals surface area contributed by atoms with Crippen molar-refractivity contribution in [3.05, 3.63) is 65.2 Å². The molecule has 1 heterocycles. The standard InChI is InChI=1S/C16H15AsF2N3O2/c17-12-5-1-9(7-21-12)8-22-13(23)6-3-10-2-4-11(18)15(19)14(10)16(20)24/h1-2,4-7H,3,8,17H2,(H2,20,24)(H,22,23). The SMILES string of the molecule is NC(=O)c1c(C[CH]C(=O)NCc2ccc([AsH2])nc2)ccc(F)c1F. The van der Waals surface area contributed by atoms with E-state index < -0.39 is 29.0 Å². The van der Waals surface area contributed by atoms with Crippen molar-refractivity contribution >= 4 is 33.1 Å². The van der Waals surface area contributed by atoms with Crippen molar-refractivity contribution in [2.75, 3.05) is 0 Å². The van der Waals surface area contributed by atoms with E-state index in [9.17, 15) is 18.4 Å². The van der Waals surface area contributed by atoms with Crippen LogP contribution in [0.4, 0.5) is 8.78 Å². The van der Waals surface area contributed by atoms with E-state index in [1.807, 2.05) is 12.1 Å². The van der Waals surface area contributed by atoms with Gasteiger partial charge in [0.2, 0.25) is 0 Å². The number of hydrogen-bond acceptors (Lipinski definition) is 3. The number of rotatable bonds is 6. The first-order valence-corrected chi connectivity index (χ1v) is 8.17. The topological polar surface area (TPSA) is 85.1 Å². The molecule has 5 nitrogen and oxygen atoms in total. The number of carbonyl (C=O) groups excluding carboxylic acids is 2. The van der Waals surface area contributed by atoms with Crippen LogP contribution in [0.2, 0.25) is 0 Å². The zero-order valence-corrected chi connectivity index (χ0v) is 15.0. The fourth-order valence-corrected chi connectivity index (χ4v) is 2.39. The van der Waals surface area contributed by atoms with Crippen molar-refractivity contribution in [1.29, 1.82) is 0 Å². The molecule has 24 heavy (non-hydrogen) atoms. The molecule has 3 N–H and O–H groups in total. The maximum atomic E-state index is 13.6. The number of pyridine rings is 1. The minimum absolute atomic E-state index is 0.0457. The van der Waals surface area contributed by atoms with Crippen molar-refractivity contribution in [3.63, 3.8) is 0 Å². The Morgan fingerprint density at radius 2 is 2.00 bits per heavy atom. The van der Waals surface area contributed by atoms with E-state index in [-0.39, 0.29) is 18.5 Å². The molecule has 1 aromatic carbocycles. The van der Waals surface area contributed by atoms with Crippen LogP contribution in [0.3, 0.4) is 0 Å². The van der Waals surface area contributed by atoms with Gasteiger partial charge in [0.15, 0.2) is 5.82 Å². The number of nitrogens with one attached hydrogen (secondary N) is 1. The Bertz CT molecular complexity index is 767. The molecule has 1 aromatic heterocycles. The van der Waals surface area contributed by atoms with Gasteiger partial charge in [0.1, 0.15) is 0 Å². The molecule has 2 amide bonds. The number of primary amides is 1. The number of benzene rings is 1. The number of halogens is 2. The Morgan fingerprint density at radius 3 is 2.62 bits per heavy atom. The zero-order valence-electron chi connectivity index (χ0n) is 12.6. The summed E-state index contributed by atoms with van der Waals surface area (Å²) < 4.78 is 27.8. The summed E-state index contributed by atoms with van der Waals surface area (Å²) >= 11 is 1.41. The van der Waals surface area contributed by atoms with Gasteiger partial charge < -0.3 is 5.73 Å². The molecule has 0 saturated heterocycles. The third-order valence-corrected chi connectivity index (χ3v) is 3.97. The number of nitrogens with two attached hydrogens (primary N) is 1. The van der Waals surface area contributed by atoms with Gasteiger partial charge >= 0.3 is 121 Å². The van der Waals surface area contributed by atoms with E-state index in [4.69, 9.17) is 5.73 Å². The second kappa shape index (κ2) is 8.01. The van der Waals surface area contributed by atoms with E-state index in [1.165, 1.54) is 29.3 Å². The number of aromatic nitrogens is 1. The number of carbonyl (C=O) groups is 2. The van der Waals surface area contributed by atoms with E-state index in [1.54, 1.807) is 6.20 Å². The second-order valence-electron chi connectivity index (χ2n) is 4.98. The van der Waals surface area contributed by atoms with Crippen LogP contribution < -0.4 is 15.5 Å². The average Bonchev–Trinajstić information content (AvgIpc) is 2.55. The summed E-state index contributed by atoms with van der Waals surface area (Å²) in [6.45, 7) is 0.288. The first-order valence-electron chi connectivity index (χ1n) is 6.96. The molecule has 125 valence electrons. The van der Waals surface area contributed by atoms with Crippen LogP contribution in [0.15, 0.2) is 30.5 Å². The normalized spacial score (nSPS) is 10.5. The molecule has 0 bridgehead atoms. The van der Waals surface area contributed by atoms with E-state index in [0.29, 0.717) is 0 Å². The summed E-state index contributed by atoms with van der Waals surface area (Å²) in [4.78, 5) is 27.2. The Kier molecular flexibility index (Phi) is 6.03. The molecule has 2 rings (SSSR count). The van der Waals surface area contributed by atoms with Crippen LogP contribution in [0.5, 0.6) is 0 Å². The van der Waals surface area contributed by atoms with Gasteiger partial charge in [0.25, 0.3) is 0 Å². The average molecular weight is 394 g/mol. The fraction of sp³-hybridized carbons (Fsp3) is 0.125. The summed E-state index contributed by atoms with van der Waals surface area (Å²) in [5, 5.41) is 2.65. The van der Waals surface area contributed by atoms with Crippen LogP contribution in [-0.2, 0) is 17.8 Å². The number of nitrogens with zero attached hydrogens (tertiary/aromatic N) is 1. The third-order valence-electron chi connectivity index (χ3n) is 3.25. The monoisotopic (exact) mass is 394 g/mol. The molecule has 1 radical (unpaired) electrons. The summed E-state index contributed by atoms with van der Waals surface area (Å²) in [5.74, 6) is -3.95. The van der Waals surface area contributed by atoms with E-state index in [0.717, 1.165) is 16.1 Å². The van der Waals surface area contributed by atoms with E-state index in [2.05, 4.69) is 10.3 Å². The second-order valence-corrected chi connectivity index (χ2v) is 6.22. The predicted octanol–water partition coefficient (Wildman–Crippen LogP) is -0.220. The van der Waals surface area contributed by atoms with Crippen LogP contribution in [-0.4, -0.2) is 33.7 Å². The first kappa shape index (κ1) is 18.1. The van der Waals surface area contributed by atoms with Crippen LogP contribution in [0.1, 0.15) is 21.5 Å². The molecule has 0 aliphatic carbocycles. The Hall–Kier alpha value is -2.27. The van der Waals surface area contributed by atoms with Crippen LogP contribution in [0, 0.1) is 18.1 Å². The summed E-state index contributed by atoms with van der Waals surface area (Å²) in [6.07, 6.45) is 2.86. The first-order chi connectivity index (χ1) is 11.4. The van der Waals surface area contributed by atoms with Gasteiger partial charge in [0, 0.05) is 0 Å². The molecule has 1 unspecified atom stereocenters. The van der Waals surface area contributed by atoms with Crippen molar-refractivity contribution in [3.8, 4) is 0 Å². The molecular formula is C16H15AsF2N3O2. The molecule has 0 aliphatic heterocycles. The van der Waals surface area contributed by atoms with Crippen molar-refractivity contribution < 1.29 is 18.4 Å².